The average molecular weight is 365 g/mol. The highest BCUT2D eigenvalue weighted by atomic mass is 16.5. The van der Waals surface area contributed by atoms with E-state index in [1.807, 2.05) is 42.7 Å². The Kier molecular flexibility index (Phi) is 6.19. The molecule has 2 aromatic rings. The number of aryl methyl sites for hydroxylation is 1. The van der Waals surface area contributed by atoms with Gasteiger partial charge in [0.05, 0.1) is 12.2 Å². The van der Waals surface area contributed by atoms with Crippen LogP contribution >= 0.6 is 0 Å². The number of ether oxygens (including phenoxy) is 1. The maximum Gasteiger partial charge on any atom is 0.338 e. The minimum Gasteiger partial charge on any atom is -0.462 e. The Balaban J connectivity index is 2.42. The van der Waals surface area contributed by atoms with E-state index >= 15 is 0 Å². The van der Waals surface area contributed by atoms with Crippen LogP contribution in [-0.4, -0.2) is 42.0 Å². The van der Waals surface area contributed by atoms with Crippen LogP contribution in [0.5, 0.6) is 0 Å². The topological polar surface area (TPSA) is 75.3 Å². The van der Waals surface area contributed by atoms with E-state index in [-0.39, 0.29) is 17.4 Å². The van der Waals surface area contributed by atoms with Crippen molar-refractivity contribution < 1.29 is 14.3 Å². The Morgan fingerprint density at radius 1 is 1.22 bits per heavy atom. The molecule has 140 valence electrons. The first-order valence-electron chi connectivity index (χ1n) is 8.60. The van der Waals surface area contributed by atoms with Crippen LogP contribution in [0.25, 0.3) is 11.8 Å². The number of rotatable bonds is 5. The summed E-state index contributed by atoms with van der Waals surface area (Å²) in [7, 11) is 3.23. The van der Waals surface area contributed by atoms with Gasteiger partial charge in [0.15, 0.2) is 0 Å². The molecule has 1 aromatic carbocycles. The van der Waals surface area contributed by atoms with Crippen molar-refractivity contribution >= 4 is 18.0 Å². The van der Waals surface area contributed by atoms with Gasteiger partial charge in [-0.05, 0) is 62.7 Å². The van der Waals surface area contributed by atoms with Crippen LogP contribution < -0.4 is 0 Å². The van der Waals surface area contributed by atoms with Gasteiger partial charge in [-0.1, -0.05) is 0 Å². The van der Waals surface area contributed by atoms with Crippen molar-refractivity contribution in [1.29, 1.82) is 5.26 Å². The summed E-state index contributed by atoms with van der Waals surface area (Å²) in [4.78, 5) is 25.3. The van der Waals surface area contributed by atoms with Gasteiger partial charge < -0.3 is 14.2 Å². The Bertz CT molecular complexity index is 929. The van der Waals surface area contributed by atoms with E-state index in [2.05, 4.69) is 0 Å². The highest BCUT2D eigenvalue weighted by Crippen LogP contribution is 2.23. The van der Waals surface area contributed by atoms with Gasteiger partial charge in [-0.3, -0.25) is 4.79 Å². The van der Waals surface area contributed by atoms with E-state index in [0.717, 1.165) is 22.6 Å². The lowest BCUT2D eigenvalue weighted by atomic mass is 10.1. The zero-order valence-corrected chi connectivity index (χ0v) is 16.2. The molecule has 0 saturated heterocycles. The molecule has 0 atom stereocenters. The summed E-state index contributed by atoms with van der Waals surface area (Å²) in [5.74, 6) is -0.685. The summed E-state index contributed by atoms with van der Waals surface area (Å²) < 4.78 is 7.01. The van der Waals surface area contributed by atoms with Crippen LogP contribution in [0.3, 0.4) is 0 Å². The van der Waals surface area contributed by atoms with Crippen molar-refractivity contribution in [3.05, 3.63) is 58.4 Å². The number of amides is 1. The van der Waals surface area contributed by atoms with Gasteiger partial charge in [-0.15, -0.1) is 0 Å². The molecule has 0 bridgehead atoms. The molecule has 6 heteroatoms. The predicted molar refractivity (Wildman–Crippen MR) is 103 cm³/mol. The van der Waals surface area contributed by atoms with Crippen LogP contribution in [0.2, 0.25) is 0 Å². The average Bonchev–Trinajstić information content (AvgIpc) is 2.92. The normalized spacial score (nSPS) is 11.0. The second-order valence-corrected chi connectivity index (χ2v) is 6.30. The molecule has 0 N–H and O–H groups in total. The smallest absolute Gasteiger partial charge is 0.338 e. The maximum absolute atomic E-state index is 12.1. The number of nitriles is 1. The summed E-state index contributed by atoms with van der Waals surface area (Å²) >= 11 is 0. The summed E-state index contributed by atoms with van der Waals surface area (Å²) in [6.45, 7) is 5.97. The highest BCUT2D eigenvalue weighted by Gasteiger charge is 2.15. The van der Waals surface area contributed by atoms with Crippen LogP contribution in [0.15, 0.2) is 35.9 Å². The minimum atomic E-state index is -0.352. The van der Waals surface area contributed by atoms with E-state index in [1.54, 1.807) is 39.2 Å². The van der Waals surface area contributed by atoms with Gasteiger partial charge in [0.25, 0.3) is 5.91 Å². The molecule has 27 heavy (non-hydrogen) atoms. The Morgan fingerprint density at radius 3 is 2.37 bits per heavy atom. The van der Waals surface area contributed by atoms with E-state index in [4.69, 9.17) is 4.74 Å². The molecule has 2 rings (SSSR count). The molecule has 1 aromatic heterocycles. The predicted octanol–water partition coefficient (Wildman–Crippen LogP) is 3.27. The fraction of sp³-hybridized carbons (Fsp3) is 0.286. The molecule has 0 fully saturated rings. The van der Waals surface area contributed by atoms with Crippen molar-refractivity contribution in [3.8, 4) is 11.8 Å². The number of nitrogens with zero attached hydrogens (tertiary/aromatic N) is 3. The Morgan fingerprint density at radius 2 is 1.85 bits per heavy atom. The first kappa shape index (κ1) is 20.0. The molecule has 0 aliphatic carbocycles. The Hall–Kier alpha value is -3.33. The standard InChI is InChI=1S/C21H23N3O3/c1-6-27-21(26)16-7-9-19(10-8-16)24-14(2)11-17(15(24)3)12-18(13-22)20(25)23(4)5/h7-12H,6H2,1-5H3/b18-12-. The third-order valence-electron chi connectivity index (χ3n) is 4.16. The van der Waals surface area contributed by atoms with Crippen molar-refractivity contribution in [2.24, 2.45) is 0 Å². The molecular weight excluding hydrogens is 342 g/mol. The van der Waals surface area contributed by atoms with Crippen LogP contribution in [0.4, 0.5) is 0 Å². The fourth-order valence-electron chi connectivity index (χ4n) is 2.83. The lowest BCUT2D eigenvalue weighted by molar-refractivity contribution is -0.124. The third-order valence-corrected chi connectivity index (χ3v) is 4.16. The molecule has 0 saturated carbocycles. The van der Waals surface area contributed by atoms with E-state index in [9.17, 15) is 14.9 Å². The molecule has 6 nitrogen and oxygen atoms in total. The van der Waals surface area contributed by atoms with Gasteiger partial charge in [0.1, 0.15) is 11.6 Å². The lowest BCUT2D eigenvalue weighted by Gasteiger charge is -2.11. The number of carbonyl (C=O) groups is 2. The molecule has 0 aliphatic heterocycles. The first-order valence-corrected chi connectivity index (χ1v) is 8.60. The van der Waals surface area contributed by atoms with Gasteiger partial charge in [-0.25, -0.2) is 4.79 Å². The highest BCUT2D eigenvalue weighted by molar-refractivity contribution is 6.01. The van der Waals surface area contributed by atoms with Gasteiger partial charge in [0.2, 0.25) is 0 Å². The number of likely N-dealkylation sites (N-methyl/N-ethyl adjacent to an activating group) is 1. The lowest BCUT2D eigenvalue weighted by Crippen LogP contribution is -2.22. The monoisotopic (exact) mass is 365 g/mol. The molecule has 0 spiro atoms. The number of hydrogen-bond donors (Lipinski definition) is 0. The summed E-state index contributed by atoms with van der Waals surface area (Å²) in [5.41, 5.74) is 4.11. The van der Waals surface area contributed by atoms with Gasteiger partial charge in [0, 0.05) is 31.2 Å². The number of aromatic nitrogens is 1. The number of benzene rings is 1. The summed E-state index contributed by atoms with van der Waals surface area (Å²) in [5, 5.41) is 9.30. The minimum absolute atomic E-state index is 0.0814. The van der Waals surface area contributed by atoms with Gasteiger partial charge in [-0.2, -0.15) is 5.26 Å². The first-order chi connectivity index (χ1) is 12.8. The summed E-state index contributed by atoms with van der Waals surface area (Å²) in [6.07, 6.45) is 1.61. The van der Waals surface area contributed by atoms with Crippen molar-refractivity contribution in [1.82, 2.24) is 9.47 Å². The number of hydrogen-bond acceptors (Lipinski definition) is 4. The second kappa shape index (κ2) is 8.37. The SMILES string of the molecule is CCOC(=O)c1ccc(-n2c(C)cc(/C=C(/C#N)C(=O)N(C)C)c2C)cc1. The maximum atomic E-state index is 12.1. The Labute approximate surface area is 159 Å². The van der Waals surface area contributed by atoms with Crippen LogP contribution in [0.1, 0.15) is 34.2 Å². The van der Waals surface area contributed by atoms with Crippen LogP contribution in [-0.2, 0) is 9.53 Å². The second-order valence-electron chi connectivity index (χ2n) is 6.30. The van der Waals surface area contributed by atoms with Crippen molar-refractivity contribution in [2.45, 2.75) is 20.8 Å². The zero-order valence-electron chi connectivity index (χ0n) is 16.2. The number of carbonyl (C=O) groups excluding carboxylic acids is 2. The summed E-state index contributed by atoms with van der Waals surface area (Å²) in [6, 6.07) is 11.0. The molecule has 1 heterocycles. The quantitative estimate of drug-likeness (QED) is 0.463. The molecule has 0 aliphatic rings. The molecule has 0 radical (unpaired) electrons. The molecule has 1 amide bonds. The fourth-order valence-corrected chi connectivity index (χ4v) is 2.83. The van der Waals surface area contributed by atoms with Gasteiger partial charge >= 0.3 is 5.97 Å². The van der Waals surface area contributed by atoms with Crippen molar-refractivity contribution in [3.63, 3.8) is 0 Å². The largest absolute Gasteiger partial charge is 0.462 e. The van der Waals surface area contributed by atoms with E-state index in [0.29, 0.717) is 12.2 Å². The van der Waals surface area contributed by atoms with E-state index in [1.165, 1.54) is 4.90 Å². The van der Waals surface area contributed by atoms with E-state index < -0.39 is 0 Å². The molecule has 0 unspecified atom stereocenters. The van der Waals surface area contributed by atoms with Crippen LogP contribution in [0, 0.1) is 25.2 Å². The third kappa shape index (κ3) is 4.26. The zero-order chi connectivity index (χ0) is 20.1. The van der Waals surface area contributed by atoms with Crippen molar-refractivity contribution in [2.75, 3.05) is 20.7 Å². The number of esters is 1. The molecular formula is C21H23N3O3.